The Kier molecular flexibility index (Phi) is 5.81. The maximum Gasteiger partial charge on any atom is 0.254 e. The molecule has 6 heteroatoms. The lowest BCUT2D eigenvalue weighted by molar-refractivity contribution is 0.0521. The van der Waals surface area contributed by atoms with Gasteiger partial charge >= 0.3 is 0 Å². The SMILES string of the molecule is CN(CC1COc2ccccc2O1)C(=O)c1ccccc1-c1ccc(Cn2cccn2)cc1. The molecule has 0 radical (unpaired) electrons. The molecule has 0 spiro atoms. The third-order valence-corrected chi connectivity index (χ3v) is 5.72. The molecule has 2 heterocycles. The van der Waals surface area contributed by atoms with Crippen molar-refractivity contribution in [2.75, 3.05) is 20.2 Å². The van der Waals surface area contributed by atoms with Gasteiger partial charge in [0.2, 0.25) is 0 Å². The van der Waals surface area contributed by atoms with Crippen molar-refractivity contribution >= 4 is 5.91 Å². The summed E-state index contributed by atoms with van der Waals surface area (Å²) < 4.78 is 13.7. The van der Waals surface area contributed by atoms with Gasteiger partial charge in [0.15, 0.2) is 17.6 Å². The van der Waals surface area contributed by atoms with E-state index in [9.17, 15) is 4.79 Å². The van der Waals surface area contributed by atoms with Gasteiger partial charge in [-0.2, -0.15) is 5.10 Å². The van der Waals surface area contributed by atoms with Crippen LogP contribution >= 0.6 is 0 Å². The monoisotopic (exact) mass is 439 g/mol. The van der Waals surface area contributed by atoms with Crippen LogP contribution in [0.2, 0.25) is 0 Å². The first kappa shape index (κ1) is 20.8. The average molecular weight is 440 g/mol. The first-order valence-corrected chi connectivity index (χ1v) is 11.0. The highest BCUT2D eigenvalue weighted by Gasteiger charge is 2.25. The van der Waals surface area contributed by atoms with E-state index in [1.54, 1.807) is 18.1 Å². The summed E-state index contributed by atoms with van der Waals surface area (Å²) in [5.41, 5.74) is 3.73. The van der Waals surface area contributed by atoms with E-state index in [2.05, 4.69) is 29.4 Å². The van der Waals surface area contributed by atoms with Gasteiger partial charge in [0.25, 0.3) is 5.91 Å². The summed E-state index contributed by atoms with van der Waals surface area (Å²) in [6.45, 7) is 1.56. The molecule has 1 unspecified atom stereocenters. The third-order valence-electron chi connectivity index (χ3n) is 5.72. The Hall–Kier alpha value is -4.06. The minimum atomic E-state index is -0.220. The Bertz CT molecular complexity index is 1240. The highest BCUT2D eigenvalue weighted by molar-refractivity contribution is 6.00. The molecule has 1 aliphatic rings. The fourth-order valence-electron chi connectivity index (χ4n) is 4.04. The number of aromatic nitrogens is 2. The lowest BCUT2D eigenvalue weighted by Gasteiger charge is -2.30. The fraction of sp³-hybridized carbons (Fsp3) is 0.185. The van der Waals surface area contributed by atoms with Crippen LogP contribution in [0.4, 0.5) is 0 Å². The van der Waals surface area contributed by atoms with E-state index in [1.807, 2.05) is 65.5 Å². The Balaban J connectivity index is 1.30. The number of ether oxygens (including phenoxy) is 2. The van der Waals surface area contributed by atoms with Gasteiger partial charge in [-0.1, -0.05) is 54.6 Å². The second kappa shape index (κ2) is 9.20. The third kappa shape index (κ3) is 4.60. The molecule has 1 atom stereocenters. The lowest BCUT2D eigenvalue weighted by Crippen LogP contribution is -2.41. The van der Waals surface area contributed by atoms with Crippen molar-refractivity contribution in [2.24, 2.45) is 0 Å². The zero-order valence-corrected chi connectivity index (χ0v) is 18.4. The number of rotatable bonds is 6. The Morgan fingerprint density at radius 3 is 2.55 bits per heavy atom. The fourth-order valence-corrected chi connectivity index (χ4v) is 4.04. The molecule has 0 fully saturated rings. The molecule has 0 N–H and O–H groups in total. The van der Waals surface area contributed by atoms with E-state index in [1.165, 1.54) is 0 Å². The second-order valence-electron chi connectivity index (χ2n) is 8.13. The van der Waals surface area contributed by atoms with Crippen LogP contribution in [0.25, 0.3) is 11.1 Å². The molecule has 33 heavy (non-hydrogen) atoms. The van der Waals surface area contributed by atoms with E-state index < -0.39 is 0 Å². The second-order valence-corrected chi connectivity index (χ2v) is 8.13. The summed E-state index contributed by atoms with van der Waals surface area (Å²) in [4.78, 5) is 15.1. The maximum absolute atomic E-state index is 13.4. The quantitative estimate of drug-likeness (QED) is 0.444. The summed E-state index contributed by atoms with van der Waals surface area (Å²) in [5.74, 6) is 1.41. The predicted octanol–water partition coefficient (Wildman–Crippen LogP) is 4.51. The van der Waals surface area contributed by atoms with E-state index in [0.29, 0.717) is 31.0 Å². The first-order chi connectivity index (χ1) is 16.2. The number of fused-ring (bicyclic) bond motifs is 1. The highest BCUT2D eigenvalue weighted by atomic mass is 16.6. The molecule has 166 valence electrons. The molecule has 0 aliphatic carbocycles. The molecule has 0 saturated carbocycles. The van der Waals surface area contributed by atoms with Gasteiger partial charge in [-0.3, -0.25) is 9.48 Å². The average Bonchev–Trinajstić information content (AvgIpc) is 3.37. The molecule has 1 amide bonds. The zero-order valence-electron chi connectivity index (χ0n) is 18.4. The maximum atomic E-state index is 13.4. The van der Waals surface area contributed by atoms with E-state index >= 15 is 0 Å². The van der Waals surface area contributed by atoms with Crippen LogP contribution < -0.4 is 9.47 Å². The topological polar surface area (TPSA) is 56.6 Å². The normalized spacial score (nSPS) is 14.6. The van der Waals surface area contributed by atoms with Crippen molar-refractivity contribution in [3.8, 4) is 22.6 Å². The van der Waals surface area contributed by atoms with Gasteiger partial charge in [-0.15, -0.1) is 0 Å². The molecule has 0 bridgehead atoms. The minimum absolute atomic E-state index is 0.0475. The first-order valence-electron chi connectivity index (χ1n) is 11.0. The van der Waals surface area contributed by atoms with Crippen LogP contribution in [0.15, 0.2) is 91.3 Å². The highest BCUT2D eigenvalue weighted by Crippen LogP contribution is 2.31. The Labute approximate surface area is 193 Å². The van der Waals surface area contributed by atoms with Gasteiger partial charge in [-0.25, -0.2) is 0 Å². The minimum Gasteiger partial charge on any atom is -0.486 e. The molecular weight excluding hydrogens is 414 g/mol. The van der Waals surface area contributed by atoms with E-state index in [4.69, 9.17) is 9.47 Å². The number of benzene rings is 3. The van der Waals surface area contributed by atoms with Crippen LogP contribution in [0.3, 0.4) is 0 Å². The lowest BCUT2D eigenvalue weighted by atomic mass is 9.98. The molecule has 3 aromatic carbocycles. The summed E-state index contributed by atoms with van der Waals surface area (Å²) in [6.07, 6.45) is 3.50. The van der Waals surface area contributed by atoms with Crippen LogP contribution in [-0.4, -0.2) is 46.9 Å². The number of carbonyl (C=O) groups excluding carboxylic acids is 1. The number of amides is 1. The van der Waals surface area contributed by atoms with E-state index in [-0.39, 0.29) is 12.0 Å². The van der Waals surface area contributed by atoms with Crippen LogP contribution in [0, 0.1) is 0 Å². The number of para-hydroxylation sites is 2. The van der Waals surface area contributed by atoms with E-state index in [0.717, 1.165) is 22.4 Å². The number of nitrogens with zero attached hydrogens (tertiary/aromatic N) is 3. The van der Waals surface area contributed by atoms with Gasteiger partial charge in [-0.05, 0) is 41.0 Å². The zero-order chi connectivity index (χ0) is 22.6. The smallest absolute Gasteiger partial charge is 0.254 e. The number of hydrogen-bond acceptors (Lipinski definition) is 4. The standard InChI is InChI=1S/C27H25N3O3/c1-29(18-22-19-32-25-9-4-5-10-26(25)33-22)27(31)24-8-3-2-7-23(24)21-13-11-20(12-14-21)17-30-16-6-15-28-30/h2-16,22H,17-19H2,1H3. The molecule has 4 aromatic rings. The van der Waals surface area contributed by atoms with Crippen molar-refractivity contribution in [3.63, 3.8) is 0 Å². The Morgan fingerprint density at radius 2 is 1.76 bits per heavy atom. The molecule has 1 aromatic heterocycles. The number of carbonyl (C=O) groups is 1. The largest absolute Gasteiger partial charge is 0.486 e. The van der Waals surface area contributed by atoms with Gasteiger partial charge in [0.1, 0.15) is 6.61 Å². The van der Waals surface area contributed by atoms with Gasteiger partial charge < -0.3 is 14.4 Å². The molecule has 1 aliphatic heterocycles. The van der Waals surface area contributed by atoms with Crippen LogP contribution in [0.5, 0.6) is 11.5 Å². The summed E-state index contributed by atoms with van der Waals surface area (Å²) in [7, 11) is 1.80. The van der Waals surface area contributed by atoms with Gasteiger partial charge in [0.05, 0.1) is 13.1 Å². The van der Waals surface area contributed by atoms with Crippen molar-refractivity contribution in [1.29, 1.82) is 0 Å². The molecule has 5 rings (SSSR count). The number of hydrogen-bond donors (Lipinski definition) is 0. The summed E-state index contributed by atoms with van der Waals surface area (Å²) in [5, 5.41) is 4.26. The molecular formula is C27H25N3O3. The molecule has 6 nitrogen and oxygen atoms in total. The number of likely N-dealkylation sites (N-methyl/N-ethyl adjacent to an activating group) is 1. The van der Waals surface area contributed by atoms with Crippen molar-refractivity contribution in [2.45, 2.75) is 12.6 Å². The van der Waals surface area contributed by atoms with Crippen molar-refractivity contribution in [3.05, 3.63) is 102 Å². The summed E-state index contributed by atoms with van der Waals surface area (Å²) in [6, 6.07) is 25.5. The Morgan fingerprint density at radius 1 is 1.00 bits per heavy atom. The van der Waals surface area contributed by atoms with Crippen molar-refractivity contribution < 1.29 is 14.3 Å². The van der Waals surface area contributed by atoms with Crippen molar-refractivity contribution in [1.82, 2.24) is 14.7 Å². The molecule has 0 saturated heterocycles. The van der Waals surface area contributed by atoms with Crippen LogP contribution in [0.1, 0.15) is 15.9 Å². The van der Waals surface area contributed by atoms with Gasteiger partial charge in [0, 0.05) is 25.0 Å². The predicted molar refractivity (Wildman–Crippen MR) is 127 cm³/mol. The summed E-state index contributed by atoms with van der Waals surface area (Å²) >= 11 is 0. The van der Waals surface area contributed by atoms with Crippen LogP contribution in [-0.2, 0) is 6.54 Å².